The fraction of sp³-hybridized carbons (Fsp3) is 0.280. The molecule has 0 spiro atoms. The maximum absolute atomic E-state index is 13.0. The van der Waals surface area contributed by atoms with Crippen LogP contribution in [0.5, 0.6) is 0 Å². The Morgan fingerprint density at radius 2 is 1.97 bits per heavy atom. The number of anilines is 1. The zero-order chi connectivity index (χ0) is 27.3. The number of likely N-dealkylation sites (tertiary alicyclic amines) is 1. The van der Waals surface area contributed by atoms with E-state index in [1.807, 2.05) is 0 Å². The van der Waals surface area contributed by atoms with E-state index in [1.165, 1.54) is 18.3 Å². The maximum atomic E-state index is 13.0. The van der Waals surface area contributed by atoms with E-state index in [0.717, 1.165) is 44.1 Å². The fourth-order valence-electron chi connectivity index (χ4n) is 4.19. The Hall–Kier alpha value is -4.06. The largest absolute Gasteiger partial charge is 0.416 e. The molecule has 0 aliphatic carbocycles. The smallest absolute Gasteiger partial charge is 0.382 e. The molecule has 13 heteroatoms. The van der Waals surface area contributed by atoms with Crippen molar-refractivity contribution in [2.24, 2.45) is 16.6 Å². The molecule has 2 amide bonds. The normalized spacial score (nSPS) is 19.1. The van der Waals surface area contributed by atoms with Gasteiger partial charge < -0.3 is 26.6 Å². The summed E-state index contributed by atoms with van der Waals surface area (Å²) in [6.45, 7) is 1.90. The molecule has 0 saturated carbocycles. The number of piperidine rings is 1. The van der Waals surface area contributed by atoms with Crippen LogP contribution in [0.15, 0.2) is 64.6 Å². The van der Waals surface area contributed by atoms with Gasteiger partial charge in [0.1, 0.15) is 22.5 Å². The molecule has 2 aliphatic rings. The Bertz CT molecular complexity index is 1290. The minimum absolute atomic E-state index is 0.201. The van der Waals surface area contributed by atoms with E-state index < -0.39 is 17.6 Å². The number of aromatic nitrogens is 1. The van der Waals surface area contributed by atoms with Crippen LogP contribution in [0.3, 0.4) is 0 Å². The predicted molar refractivity (Wildman–Crippen MR) is 138 cm³/mol. The predicted octanol–water partition coefficient (Wildman–Crippen LogP) is 3.48. The van der Waals surface area contributed by atoms with Gasteiger partial charge in [0.2, 0.25) is 6.41 Å². The van der Waals surface area contributed by atoms with Gasteiger partial charge >= 0.3 is 6.18 Å². The Balaban J connectivity index is 1.54. The molecular formula is C25H25ClF3N7O2. The first-order valence-electron chi connectivity index (χ1n) is 11.7. The molecule has 3 heterocycles. The number of hydrogen-bond acceptors (Lipinski definition) is 7. The molecule has 0 unspecified atom stereocenters. The van der Waals surface area contributed by atoms with Gasteiger partial charge in [0.15, 0.2) is 0 Å². The molecule has 1 atom stereocenters. The monoisotopic (exact) mass is 547 g/mol. The van der Waals surface area contributed by atoms with Crippen LogP contribution >= 0.6 is 11.6 Å². The van der Waals surface area contributed by atoms with Crippen molar-refractivity contribution in [1.29, 1.82) is 0 Å². The molecule has 5 N–H and O–H groups in total. The summed E-state index contributed by atoms with van der Waals surface area (Å²) in [6.07, 6.45) is 0.506. The number of alkyl halides is 3. The lowest BCUT2D eigenvalue weighted by atomic mass is 9.97. The number of pyridine rings is 1. The van der Waals surface area contributed by atoms with Crippen LogP contribution < -0.4 is 21.7 Å². The quantitative estimate of drug-likeness (QED) is 0.311. The van der Waals surface area contributed by atoms with Gasteiger partial charge in [-0.15, -0.1) is 0 Å². The van der Waals surface area contributed by atoms with Crippen molar-refractivity contribution in [3.8, 4) is 0 Å². The van der Waals surface area contributed by atoms with Crippen LogP contribution in [0, 0.1) is 5.92 Å². The fourth-order valence-corrected chi connectivity index (χ4v) is 4.33. The number of benzene rings is 1. The van der Waals surface area contributed by atoms with Crippen molar-refractivity contribution in [1.82, 2.24) is 20.5 Å². The van der Waals surface area contributed by atoms with Crippen molar-refractivity contribution in [3.05, 3.63) is 76.3 Å². The molecule has 1 aromatic carbocycles. The van der Waals surface area contributed by atoms with Crippen LogP contribution in [-0.4, -0.2) is 47.7 Å². The highest BCUT2D eigenvalue weighted by Crippen LogP contribution is 2.30. The van der Waals surface area contributed by atoms with Crippen LogP contribution in [-0.2, 0) is 11.0 Å². The summed E-state index contributed by atoms with van der Waals surface area (Å²) in [7, 11) is 0. The first kappa shape index (κ1) is 27.0. The molecule has 4 rings (SSSR count). The van der Waals surface area contributed by atoms with Gasteiger partial charge in [-0.3, -0.25) is 9.59 Å². The summed E-state index contributed by atoms with van der Waals surface area (Å²) < 4.78 is 38.9. The Morgan fingerprint density at radius 3 is 2.68 bits per heavy atom. The molecular weight excluding hydrogens is 523 g/mol. The number of nitrogens with two attached hydrogens (primary N) is 1. The number of nitrogens with one attached hydrogen (secondary N) is 3. The number of halogens is 4. The summed E-state index contributed by atoms with van der Waals surface area (Å²) >= 11 is 6.13. The highest BCUT2D eigenvalue weighted by Gasteiger charge is 2.31. The van der Waals surface area contributed by atoms with E-state index in [1.54, 1.807) is 17.0 Å². The molecule has 9 nitrogen and oxygen atoms in total. The van der Waals surface area contributed by atoms with Gasteiger partial charge in [-0.2, -0.15) is 13.2 Å². The zero-order valence-corrected chi connectivity index (χ0v) is 20.8. The van der Waals surface area contributed by atoms with Crippen molar-refractivity contribution in [3.63, 3.8) is 0 Å². The highest BCUT2D eigenvalue weighted by atomic mass is 35.5. The Morgan fingerprint density at radius 1 is 1.24 bits per heavy atom. The second kappa shape index (κ2) is 11.5. The van der Waals surface area contributed by atoms with Crippen LogP contribution in [0.4, 0.5) is 19.0 Å². The third kappa shape index (κ3) is 6.62. The molecule has 0 bridgehead atoms. The highest BCUT2D eigenvalue weighted by molar-refractivity contribution is 6.30. The SMILES string of the molecule is NC1=NC=C(Cl)N/C1=C(\NC[C@@H]1CCCN(C=O)C1)c1ccc(C(=O)Nc2cc(C(F)(F)F)ccn2)cc1. The topological polar surface area (TPSA) is 125 Å². The lowest BCUT2D eigenvalue weighted by molar-refractivity contribution is -0.137. The summed E-state index contributed by atoms with van der Waals surface area (Å²) in [5.41, 5.74) is 7.12. The van der Waals surface area contributed by atoms with Gasteiger partial charge in [0, 0.05) is 31.4 Å². The molecule has 200 valence electrons. The number of amides is 2. The third-order valence-electron chi connectivity index (χ3n) is 6.10. The minimum Gasteiger partial charge on any atom is -0.382 e. The molecule has 1 fully saturated rings. The standard InChI is InChI=1S/C25H25ClF3N7O2/c26-19-12-33-23(30)22(34-19)21(32-11-15-2-1-9-36(13-15)14-37)16-3-5-17(6-4-16)24(38)35-20-10-18(7-8-31-20)25(27,28)29/h3-8,10,12,14-15,32,34H,1-2,9,11,13H2,(H2,30,33)(H,31,35,38)/b22-21-/t15-/m0/s1. The van der Waals surface area contributed by atoms with Crippen LogP contribution in [0.2, 0.25) is 0 Å². The van der Waals surface area contributed by atoms with E-state index in [2.05, 4.69) is 25.9 Å². The lowest BCUT2D eigenvalue weighted by Crippen LogP contribution is -2.39. The van der Waals surface area contributed by atoms with Crippen LogP contribution in [0.25, 0.3) is 5.70 Å². The molecule has 38 heavy (non-hydrogen) atoms. The van der Waals surface area contributed by atoms with Crippen molar-refractivity contribution in [2.45, 2.75) is 19.0 Å². The minimum atomic E-state index is -4.56. The number of carbonyl (C=O) groups excluding carboxylic acids is 2. The Labute approximate surface area is 221 Å². The summed E-state index contributed by atoms with van der Waals surface area (Å²) in [5, 5.41) is 9.05. The zero-order valence-electron chi connectivity index (χ0n) is 20.1. The summed E-state index contributed by atoms with van der Waals surface area (Å²) in [5.74, 6) is -0.425. The maximum Gasteiger partial charge on any atom is 0.416 e. The van der Waals surface area contributed by atoms with Crippen molar-refractivity contribution >= 4 is 41.3 Å². The van der Waals surface area contributed by atoms with E-state index in [0.29, 0.717) is 30.0 Å². The van der Waals surface area contributed by atoms with Gasteiger partial charge in [0.25, 0.3) is 5.91 Å². The Kier molecular flexibility index (Phi) is 8.20. The average Bonchev–Trinajstić information content (AvgIpc) is 2.91. The molecule has 1 saturated heterocycles. The lowest BCUT2D eigenvalue weighted by Gasteiger charge is -2.31. The van der Waals surface area contributed by atoms with Crippen molar-refractivity contribution in [2.75, 3.05) is 25.0 Å². The average molecular weight is 548 g/mol. The number of hydrogen-bond donors (Lipinski definition) is 4. The molecule has 0 radical (unpaired) electrons. The number of rotatable bonds is 7. The van der Waals surface area contributed by atoms with Crippen molar-refractivity contribution < 1.29 is 22.8 Å². The van der Waals surface area contributed by atoms with Gasteiger partial charge in [0.05, 0.1) is 17.5 Å². The molecule has 1 aromatic heterocycles. The first-order valence-corrected chi connectivity index (χ1v) is 12.1. The third-order valence-corrected chi connectivity index (χ3v) is 6.29. The van der Waals surface area contributed by atoms with Gasteiger partial charge in [-0.1, -0.05) is 23.7 Å². The van der Waals surface area contributed by atoms with Gasteiger partial charge in [-0.25, -0.2) is 9.98 Å². The molecule has 2 aliphatic heterocycles. The van der Waals surface area contributed by atoms with Gasteiger partial charge in [-0.05, 0) is 48.6 Å². The number of nitrogens with zero attached hydrogens (tertiary/aromatic N) is 3. The second-order valence-electron chi connectivity index (χ2n) is 8.81. The number of aliphatic imine (C=N–C) groups is 1. The number of amidine groups is 1. The number of carbonyl (C=O) groups is 2. The second-order valence-corrected chi connectivity index (χ2v) is 9.22. The first-order chi connectivity index (χ1) is 18.1. The van der Waals surface area contributed by atoms with Crippen LogP contribution in [0.1, 0.15) is 34.3 Å². The summed E-state index contributed by atoms with van der Waals surface area (Å²) in [4.78, 5) is 33.5. The molecule has 2 aromatic rings. The van der Waals surface area contributed by atoms with E-state index in [9.17, 15) is 22.8 Å². The van der Waals surface area contributed by atoms with E-state index in [4.69, 9.17) is 17.3 Å². The summed E-state index contributed by atoms with van der Waals surface area (Å²) in [6, 6.07) is 7.99. The van der Waals surface area contributed by atoms with E-state index >= 15 is 0 Å². The van der Waals surface area contributed by atoms with E-state index in [-0.39, 0.29) is 28.3 Å².